The van der Waals surface area contributed by atoms with Crippen molar-refractivity contribution in [3.63, 3.8) is 0 Å². The fourth-order valence-electron chi connectivity index (χ4n) is 1.90. The van der Waals surface area contributed by atoms with Crippen molar-refractivity contribution in [2.24, 2.45) is 0 Å². The lowest BCUT2D eigenvalue weighted by Crippen LogP contribution is -2.31. The Kier molecular flexibility index (Phi) is 5.38. The van der Waals surface area contributed by atoms with Gasteiger partial charge in [0, 0.05) is 19.0 Å². The summed E-state index contributed by atoms with van der Waals surface area (Å²) in [6, 6.07) is 7.83. The van der Waals surface area contributed by atoms with E-state index >= 15 is 0 Å². The van der Waals surface area contributed by atoms with Gasteiger partial charge in [-0.2, -0.15) is 0 Å². The van der Waals surface area contributed by atoms with E-state index < -0.39 is 0 Å². The highest BCUT2D eigenvalue weighted by Crippen LogP contribution is 2.26. The number of benzene rings is 1. The average molecular weight is 304 g/mol. The summed E-state index contributed by atoms with van der Waals surface area (Å²) in [4.78, 5) is 20.9. The molecule has 0 unspecified atom stereocenters. The second-order valence-electron chi connectivity index (χ2n) is 4.67. The smallest absolute Gasteiger partial charge is 0.233 e. The zero-order valence-corrected chi connectivity index (χ0v) is 13.3. The molecule has 2 aromatic rings. The van der Waals surface area contributed by atoms with Crippen molar-refractivity contribution in [2.45, 2.75) is 30.7 Å². The average Bonchev–Trinajstić information content (AvgIpc) is 2.51. The molecule has 5 nitrogen and oxygen atoms in total. The van der Waals surface area contributed by atoms with Crippen molar-refractivity contribution in [2.75, 3.05) is 18.9 Å². The number of rotatable bonds is 6. The number of fused-ring (bicyclic) bond motifs is 1. The zero-order valence-electron chi connectivity index (χ0n) is 12.5. The van der Waals surface area contributed by atoms with Crippen LogP contribution in [-0.4, -0.2) is 34.7 Å². The molecular formula is C15H20N4OS. The van der Waals surface area contributed by atoms with E-state index in [-0.39, 0.29) is 11.2 Å². The molecule has 21 heavy (non-hydrogen) atoms. The van der Waals surface area contributed by atoms with Gasteiger partial charge >= 0.3 is 0 Å². The molecule has 0 fully saturated rings. The molecule has 0 saturated carbocycles. The highest BCUT2D eigenvalue weighted by Gasteiger charge is 2.16. The lowest BCUT2D eigenvalue weighted by Gasteiger charge is -2.12. The number of hydrogen-bond acceptors (Lipinski definition) is 5. The first kappa shape index (κ1) is 15.6. The van der Waals surface area contributed by atoms with Gasteiger partial charge in [-0.1, -0.05) is 30.8 Å². The van der Waals surface area contributed by atoms with Gasteiger partial charge in [0.25, 0.3) is 0 Å². The van der Waals surface area contributed by atoms with Gasteiger partial charge in [0.15, 0.2) is 5.16 Å². The van der Waals surface area contributed by atoms with E-state index in [0.29, 0.717) is 11.7 Å². The van der Waals surface area contributed by atoms with Gasteiger partial charge in [-0.25, -0.2) is 9.97 Å². The van der Waals surface area contributed by atoms with E-state index in [1.807, 2.05) is 45.2 Å². The second-order valence-corrected chi connectivity index (χ2v) is 5.98. The van der Waals surface area contributed by atoms with Crippen LogP contribution >= 0.6 is 11.8 Å². The summed E-state index contributed by atoms with van der Waals surface area (Å²) < 4.78 is 0. The van der Waals surface area contributed by atoms with E-state index in [1.54, 1.807) is 0 Å². The number of nitrogens with zero attached hydrogens (tertiary/aromatic N) is 2. The van der Waals surface area contributed by atoms with Crippen LogP contribution in [0, 0.1) is 0 Å². The van der Waals surface area contributed by atoms with Gasteiger partial charge < -0.3 is 10.6 Å². The molecule has 0 bridgehead atoms. The lowest BCUT2D eigenvalue weighted by atomic mass is 10.2. The monoisotopic (exact) mass is 304 g/mol. The van der Waals surface area contributed by atoms with Crippen molar-refractivity contribution < 1.29 is 4.79 Å². The lowest BCUT2D eigenvalue weighted by molar-refractivity contribution is -0.120. The molecule has 0 spiro atoms. The minimum atomic E-state index is -0.220. The van der Waals surface area contributed by atoms with E-state index in [0.717, 1.165) is 23.1 Å². The number of nitrogens with one attached hydrogen (secondary N) is 2. The summed E-state index contributed by atoms with van der Waals surface area (Å²) in [5, 5.41) is 7.34. The highest BCUT2D eigenvalue weighted by atomic mass is 32.2. The molecule has 0 aliphatic rings. The van der Waals surface area contributed by atoms with Crippen molar-refractivity contribution in [1.82, 2.24) is 15.3 Å². The Bertz CT molecular complexity index is 632. The summed E-state index contributed by atoms with van der Waals surface area (Å²) in [6.07, 6.45) is 0.930. The minimum absolute atomic E-state index is 0.0182. The summed E-state index contributed by atoms with van der Waals surface area (Å²) in [5.74, 6) is 0.800. The SMILES string of the molecule is CCCNC(=O)[C@H](C)Sc1nc(NC)c2ccccc2n1. The first-order chi connectivity index (χ1) is 10.2. The van der Waals surface area contributed by atoms with Crippen LogP contribution in [-0.2, 0) is 4.79 Å². The number of anilines is 1. The molecular weight excluding hydrogens is 284 g/mol. The third kappa shape index (κ3) is 3.85. The third-order valence-corrected chi connectivity index (χ3v) is 3.98. The summed E-state index contributed by atoms with van der Waals surface area (Å²) >= 11 is 1.37. The quantitative estimate of drug-likeness (QED) is 0.634. The third-order valence-electron chi connectivity index (χ3n) is 3.02. The van der Waals surface area contributed by atoms with E-state index in [9.17, 15) is 4.79 Å². The number of carbonyl (C=O) groups excluding carboxylic acids is 1. The van der Waals surface area contributed by atoms with Gasteiger partial charge in [-0.3, -0.25) is 4.79 Å². The van der Waals surface area contributed by atoms with Crippen LogP contribution in [0.2, 0.25) is 0 Å². The van der Waals surface area contributed by atoms with Gasteiger partial charge in [0.2, 0.25) is 5.91 Å². The molecule has 1 heterocycles. The van der Waals surface area contributed by atoms with E-state index in [1.165, 1.54) is 11.8 Å². The molecule has 2 N–H and O–H groups in total. The molecule has 6 heteroatoms. The summed E-state index contributed by atoms with van der Waals surface area (Å²) in [5.41, 5.74) is 0.875. The summed E-state index contributed by atoms with van der Waals surface area (Å²) in [7, 11) is 1.83. The first-order valence-electron chi connectivity index (χ1n) is 7.04. The maximum atomic E-state index is 11.9. The Morgan fingerprint density at radius 1 is 1.33 bits per heavy atom. The van der Waals surface area contributed by atoms with Gasteiger partial charge in [0.05, 0.1) is 10.8 Å². The fraction of sp³-hybridized carbons (Fsp3) is 0.400. The first-order valence-corrected chi connectivity index (χ1v) is 7.92. The van der Waals surface area contributed by atoms with Crippen LogP contribution < -0.4 is 10.6 Å². The predicted molar refractivity (Wildman–Crippen MR) is 87.7 cm³/mol. The zero-order chi connectivity index (χ0) is 15.2. The van der Waals surface area contributed by atoms with Crippen LogP contribution in [0.15, 0.2) is 29.4 Å². The van der Waals surface area contributed by atoms with Crippen molar-refractivity contribution in [3.8, 4) is 0 Å². The predicted octanol–water partition coefficient (Wildman–Crippen LogP) is 2.68. The van der Waals surface area contributed by atoms with Gasteiger partial charge in [-0.05, 0) is 25.5 Å². The molecule has 112 valence electrons. The Morgan fingerprint density at radius 2 is 2.10 bits per heavy atom. The van der Waals surface area contributed by atoms with E-state index in [4.69, 9.17) is 0 Å². The fourth-order valence-corrected chi connectivity index (χ4v) is 2.70. The summed E-state index contributed by atoms with van der Waals surface area (Å²) in [6.45, 7) is 4.60. The number of hydrogen-bond donors (Lipinski definition) is 2. The molecule has 0 radical (unpaired) electrons. The minimum Gasteiger partial charge on any atom is -0.372 e. The van der Waals surface area contributed by atoms with Gasteiger partial charge in [-0.15, -0.1) is 0 Å². The number of para-hydroxylation sites is 1. The van der Waals surface area contributed by atoms with E-state index in [2.05, 4.69) is 20.6 Å². The number of thioether (sulfide) groups is 1. The molecule has 0 saturated heterocycles. The molecule has 1 aromatic carbocycles. The number of carbonyl (C=O) groups is 1. The van der Waals surface area contributed by atoms with Crippen LogP contribution in [0.5, 0.6) is 0 Å². The van der Waals surface area contributed by atoms with Crippen molar-refractivity contribution in [3.05, 3.63) is 24.3 Å². The van der Waals surface area contributed by atoms with Crippen LogP contribution in [0.3, 0.4) is 0 Å². The molecule has 2 rings (SSSR count). The Morgan fingerprint density at radius 3 is 2.81 bits per heavy atom. The Hall–Kier alpha value is -1.82. The van der Waals surface area contributed by atoms with Crippen LogP contribution in [0.25, 0.3) is 10.9 Å². The molecule has 1 atom stereocenters. The standard InChI is InChI=1S/C15H20N4OS/c1-4-9-17-14(20)10(2)21-15-18-12-8-6-5-7-11(12)13(16-3)19-15/h5-8,10H,4,9H2,1-3H3,(H,17,20)(H,16,18,19)/t10-/m0/s1. The van der Waals surface area contributed by atoms with Gasteiger partial charge in [0.1, 0.15) is 5.82 Å². The number of aromatic nitrogens is 2. The largest absolute Gasteiger partial charge is 0.372 e. The van der Waals surface area contributed by atoms with Crippen molar-refractivity contribution in [1.29, 1.82) is 0 Å². The molecule has 0 aliphatic carbocycles. The molecule has 1 amide bonds. The van der Waals surface area contributed by atoms with Crippen molar-refractivity contribution >= 4 is 34.4 Å². The molecule has 1 aromatic heterocycles. The Balaban J connectivity index is 2.20. The highest BCUT2D eigenvalue weighted by molar-refractivity contribution is 8.00. The van der Waals surface area contributed by atoms with Crippen LogP contribution in [0.4, 0.5) is 5.82 Å². The maximum absolute atomic E-state index is 11.9. The topological polar surface area (TPSA) is 66.9 Å². The maximum Gasteiger partial charge on any atom is 0.233 e. The van der Waals surface area contributed by atoms with Crippen LogP contribution in [0.1, 0.15) is 20.3 Å². The number of amides is 1. The Labute approximate surface area is 128 Å². The normalized spacial score (nSPS) is 12.1. The molecule has 0 aliphatic heterocycles. The second kappa shape index (κ2) is 7.26.